The minimum absolute atomic E-state index is 0.0731. The highest BCUT2D eigenvalue weighted by Crippen LogP contribution is 2.21. The third-order valence-corrected chi connectivity index (χ3v) is 1.92. The van der Waals surface area contributed by atoms with Gasteiger partial charge in [-0.1, -0.05) is 12.7 Å². The first-order valence-corrected chi connectivity index (χ1v) is 5.55. The van der Waals surface area contributed by atoms with Gasteiger partial charge >= 0.3 is 10.1 Å². The highest BCUT2D eigenvalue weighted by molar-refractivity contribution is 7.86. The molecule has 0 bridgehead atoms. The Kier molecular flexibility index (Phi) is 2.90. The fourth-order valence-electron chi connectivity index (χ4n) is 0.918. The average Bonchev–Trinajstić information content (AvgIpc) is 2.06. The number of rotatable bonds is 3. The molecule has 1 aromatic rings. The molecule has 0 spiro atoms. The minimum Gasteiger partial charge on any atom is -0.382 e. The van der Waals surface area contributed by atoms with Crippen molar-refractivity contribution in [2.45, 2.75) is 0 Å². The minimum atomic E-state index is -3.59. The van der Waals surface area contributed by atoms with E-state index >= 15 is 0 Å². The normalized spacial score (nSPS) is 11.0. The summed E-state index contributed by atoms with van der Waals surface area (Å²) in [5, 5.41) is 0. The zero-order chi connectivity index (χ0) is 10.8. The summed E-state index contributed by atoms with van der Waals surface area (Å²) in [5.41, 5.74) is 0.301. The Morgan fingerprint density at radius 3 is 2.64 bits per heavy atom. The van der Waals surface area contributed by atoms with Crippen LogP contribution in [0.5, 0.6) is 5.75 Å². The zero-order valence-electron chi connectivity index (χ0n) is 7.53. The van der Waals surface area contributed by atoms with Crippen LogP contribution in [0.15, 0.2) is 24.8 Å². The third-order valence-electron chi connectivity index (χ3n) is 1.43. The second-order valence-corrected chi connectivity index (χ2v) is 4.25. The van der Waals surface area contributed by atoms with Crippen LogP contribution in [0.2, 0.25) is 0 Å². The van der Waals surface area contributed by atoms with Gasteiger partial charge in [0, 0.05) is 5.56 Å². The molecular weight excluding hydrogens is 207 g/mol. The maximum Gasteiger partial charge on any atom is 0.306 e. The van der Waals surface area contributed by atoms with E-state index in [0.29, 0.717) is 5.56 Å². The highest BCUT2D eigenvalue weighted by Gasteiger charge is 2.08. The smallest absolute Gasteiger partial charge is 0.306 e. The first-order valence-electron chi connectivity index (χ1n) is 3.74. The summed E-state index contributed by atoms with van der Waals surface area (Å²) in [6.07, 6.45) is 2.24. The lowest BCUT2D eigenvalue weighted by Gasteiger charge is -2.05. The molecule has 0 heterocycles. The SMILES string of the molecule is C=Cc1cc(F)ccc1OS(C)(=O)=O. The van der Waals surface area contributed by atoms with E-state index in [0.717, 1.165) is 18.4 Å². The van der Waals surface area contributed by atoms with Crippen molar-refractivity contribution in [2.75, 3.05) is 6.26 Å². The van der Waals surface area contributed by atoms with Crippen molar-refractivity contribution >= 4 is 16.2 Å². The van der Waals surface area contributed by atoms with Crippen molar-refractivity contribution in [3.8, 4) is 5.75 Å². The van der Waals surface area contributed by atoms with Crippen LogP contribution in [0.4, 0.5) is 4.39 Å². The van der Waals surface area contributed by atoms with E-state index < -0.39 is 15.9 Å². The van der Waals surface area contributed by atoms with E-state index in [1.807, 2.05) is 0 Å². The first kappa shape index (κ1) is 10.7. The molecule has 1 rings (SSSR count). The summed E-state index contributed by atoms with van der Waals surface area (Å²) in [5.74, 6) is -0.398. The van der Waals surface area contributed by atoms with Crippen molar-refractivity contribution < 1.29 is 17.0 Å². The summed E-state index contributed by atoms with van der Waals surface area (Å²) in [4.78, 5) is 0. The summed E-state index contributed by atoms with van der Waals surface area (Å²) in [6.45, 7) is 3.42. The fraction of sp³-hybridized carbons (Fsp3) is 0.111. The molecule has 0 saturated heterocycles. The van der Waals surface area contributed by atoms with Crippen molar-refractivity contribution in [2.24, 2.45) is 0 Å². The fourth-order valence-corrected chi connectivity index (χ4v) is 1.40. The standard InChI is InChI=1S/C9H9FO3S/c1-3-7-6-8(10)4-5-9(7)13-14(2,11)12/h3-6H,1H2,2H3. The molecule has 0 aliphatic carbocycles. The zero-order valence-corrected chi connectivity index (χ0v) is 8.34. The predicted molar refractivity (Wildman–Crippen MR) is 52.0 cm³/mol. The van der Waals surface area contributed by atoms with Crippen molar-refractivity contribution in [3.63, 3.8) is 0 Å². The van der Waals surface area contributed by atoms with Gasteiger partial charge in [0.25, 0.3) is 0 Å². The second kappa shape index (κ2) is 3.79. The quantitative estimate of drug-likeness (QED) is 0.724. The topological polar surface area (TPSA) is 43.4 Å². The molecule has 76 valence electrons. The molecule has 0 saturated carbocycles. The number of benzene rings is 1. The summed E-state index contributed by atoms with van der Waals surface area (Å²) in [6, 6.07) is 3.51. The van der Waals surface area contributed by atoms with Crippen LogP contribution in [0, 0.1) is 5.82 Å². The maximum atomic E-state index is 12.7. The summed E-state index contributed by atoms with van der Waals surface area (Å²) >= 11 is 0. The molecule has 0 fully saturated rings. The Balaban J connectivity index is 3.15. The Bertz CT molecular complexity index is 451. The number of hydrogen-bond donors (Lipinski definition) is 0. The molecule has 0 aromatic heterocycles. The van der Waals surface area contributed by atoms with Crippen molar-refractivity contribution in [1.82, 2.24) is 0 Å². The van der Waals surface area contributed by atoms with Gasteiger partial charge in [-0.05, 0) is 18.2 Å². The van der Waals surface area contributed by atoms with Gasteiger partial charge in [0.05, 0.1) is 6.26 Å². The van der Waals surface area contributed by atoms with Gasteiger partial charge in [0.15, 0.2) is 0 Å². The third kappa shape index (κ3) is 2.85. The summed E-state index contributed by atoms with van der Waals surface area (Å²) < 4.78 is 38.9. The lowest BCUT2D eigenvalue weighted by Crippen LogP contribution is -2.06. The molecule has 0 amide bonds. The molecular formula is C9H9FO3S. The highest BCUT2D eigenvalue weighted by atomic mass is 32.2. The molecule has 1 aromatic carbocycles. The van der Waals surface area contributed by atoms with Crippen LogP contribution in [-0.4, -0.2) is 14.7 Å². The molecule has 5 heteroatoms. The lowest BCUT2D eigenvalue weighted by molar-refractivity contribution is 0.491. The molecule has 0 aliphatic rings. The Hall–Kier alpha value is -1.36. The molecule has 0 unspecified atom stereocenters. The Morgan fingerprint density at radius 1 is 1.50 bits per heavy atom. The van der Waals surface area contributed by atoms with Crippen LogP contribution < -0.4 is 4.18 Å². The molecule has 14 heavy (non-hydrogen) atoms. The first-order chi connectivity index (χ1) is 6.42. The van der Waals surface area contributed by atoms with Gasteiger partial charge < -0.3 is 4.18 Å². The van der Waals surface area contributed by atoms with Crippen LogP contribution in [-0.2, 0) is 10.1 Å². The van der Waals surface area contributed by atoms with Crippen molar-refractivity contribution in [3.05, 3.63) is 36.2 Å². The van der Waals surface area contributed by atoms with E-state index in [-0.39, 0.29) is 5.75 Å². The Labute approximate surface area is 82.0 Å². The van der Waals surface area contributed by atoms with Crippen LogP contribution >= 0.6 is 0 Å². The van der Waals surface area contributed by atoms with Gasteiger partial charge in [0.2, 0.25) is 0 Å². The molecule has 0 atom stereocenters. The number of halogens is 1. The monoisotopic (exact) mass is 216 g/mol. The van der Waals surface area contributed by atoms with Crippen LogP contribution in [0.1, 0.15) is 5.56 Å². The molecule has 0 aliphatic heterocycles. The van der Waals surface area contributed by atoms with Crippen LogP contribution in [0.25, 0.3) is 6.08 Å². The van der Waals surface area contributed by atoms with Crippen LogP contribution in [0.3, 0.4) is 0 Å². The number of hydrogen-bond acceptors (Lipinski definition) is 3. The van der Waals surface area contributed by atoms with Gasteiger partial charge in [-0.3, -0.25) is 0 Å². The van der Waals surface area contributed by atoms with Gasteiger partial charge in [-0.2, -0.15) is 8.42 Å². The Morgan fingerprint density at radius 2 is 2.14 bits per heavy atom. The maximum absolute atomic E-state index is 12.7. The molecule has 0 radical (unpaired) electrons. The van der Waals surface area contributed by atoms with Gasteiger partial charge in [-0.25, -0.2) is 4.39 Å². The van der Waals surface area contributed by atoms with E-state index in [4.69, 9.17) is 0 Å². The lowest BCUT2D eigenvalue weighted by atomic mass is 10.2. The van der Waals surface area contributed by atoms with Gasteiger partial charge in [0.1, 0.15) is 11.6 Å². The van der Waals surface area contributed by atoms with Crippen molar-refractivity contribution in [1.29, 1.82) is 0 Å². The van der Waals surface area contributed by atoms with E-state index in [1.54, 1.807) is 0 Å². The average molecular weight is 216 g/mol. The van der Waals surface area contributed by atoms with Gasteiger partial charge in [-0.15, -0.1) is 0 Å². The summed E-state index contributed by atoms with van der Waals surface area (Å²) in [7, 11) is -3.59. The largest absolute Gasteiger partial charge is 0.382 e. The molecule has 0 N–H and O–H groups in total. The predicted octanol–water partition coefficient (Wildman–Crippen LogP) is 1.81. The van der Waals surface area contributed by atoms with E-state index in [2.05, 4.69) is 10.8 Å². The van der Waals surface area contributed by atoms with E-state index in [1.165, 1.54) is 12.1 Å². The van der Waals surface area contributed by atoms with E-state index in [9.17, 15) is 12.8 Å². The molecule has 3 nitrogen and oxygen atoms in total. The second-order valence-electron chi connectivity index (χ2n) is 2.67.